The van der Waals surface area contributed by atoms with Crippen LogP contribution in [0.3, 0.4) is 0 Å². The largest absolute Gasteiger partial charge is 0.336 e. The maximum absolute atomic E-state index is 12.7. The highest BCUT2D eigenvalue weighted by Crippen LogP contribution is 2.28. The molecular formula is C17H23Cl2N3O. The minimum absolute atomic E-state index is 0.0611. The molecule has 23 heavy (non-hydrogen) atoms. The van der Waals surface area contributed by atoms with E-state index < -0.39 is 0 Å². The lowest BCUT2D eigenvalue weighted by Gasteiger charge is -2.38. The summed E-state index contributed by atoms with van der Waals surface area (Å²) in [4.78, 5) is 17.0. The third-order valence-corrected chi connectivity index (χ3v) is 5.53. The molecule has 1 N–H and O–H groups in total. The van der Waals surface area contributed by atoms with Crippen molar-refractivity contribution in [2.45, 2.75) is 13.3 Å². The number of rotatable bonds is 3. The molecule has 1 aromatic carbocycles. The van der Waals surface area contributed by atoms with E-state index in [9.17, 15) is 4.79 Å². The van der Waals surface area contributed by atoms with Crippen molar-refractivity contribution in [1.29, 1.82) is 0 Å². The molecule has 0 bridgehead atoms. The summed E-state index contributed by atoms with van der Waals surface area (Å²) in [6.45, 7) is 8.89. The van der Waals surface area contributed by atoms with Gasteiger partial charge in [-0.15, -0.1) is 0 Å². The lowest BCUT2D eigenvalue weighted by Crippen LogP contribution is -2.51. The summed E-state index contributed by atoms with van der Waals surface area (Å²) >= 11 is 12.3. The third-order valence-electron chi connectivity index (χ3n) is 4.90. The summed E-state index contributed by atoms with van der Waals surface area (Å²) < 4.78 is 0. The van der Waals surface area contributed by atoms with Gasteiger partial charge in [-0.2, -0.15) is 0 Å². The maximum Gasteiger partial charge on any atom is 0.256 e. The Bertz CT molecular complexity index is 559. The van der Waals surface area contributed by atoms with Gasteiger partial charge in [-0.1, -0.05) is 36.2 Å². The fourth-order valence-corrected chi connectivity index (χ4v) is 4.07. The molecule has 2 aliphatic heterocycles. The number of hydrogen-bond donors (Lipinski definition) is 1. The summed E-state index contributed by atoms with van der Waals surface area (Å²) in [6, 6.07) is 5.19. The lowest BCUT2D eigenvalue weighted by molar-refractivity contribution is 0.0582. The maximum atomic E-state index is 12.7. The number of nitrogens with zero attached hydrogens (tertiary/aromatic N) is 2. The summed E-state index contributed by atoms with van der Waals surface area (Å²) in [5.41, 5.74) is 0.786. The Morgan fingerprint density at radius 2 is 1.87 bits per heavy atom. The zero-order chi connectivity index (χ0) is 16.4. The third kappa shape index (κ3) is 3.82. The number of nitrogens with one attached hydrogen (secondary N) is 1. The molecule has 126 valence electrons. The van der Waals surface area contributed by atoms with Crippen LogP contribution in [0.2, 0.25) is 10.0 Å². The van der Waals surface area contributed by atoms with E-state index in [0.717, 1.165) is 45.8 Å². The number of benzene rings is 1. The van der Waals surface area contributed by atoms with Gasteiger partial charge < -0.3 is 10.2 Å². The summed E-state index contributed by atoms with van der Waals surface area (Å²) in [6.07, 6.45) is 1.22. The molecule has 0 aliphatic carbocycles. The fourth-order valence-electron chi connectivity index (χ4n) is 3.51. The molecule has 4 nitrogen and oxygen atoms in total. The van der Waals surface area contributed by atoms with E-state index in [1.54, 1.807) is 18.2 Å². The first-order chi connectivity index (χ1) is 11.0. The number of carbonyl (C=O) groups excluding carboxylic acids is 1. The Morgan fingerprint density at radius 1 is 1.22 bits per heavy atom. The van der Waals surface area contributed by atoms with Crippen molar-refractivity contribution < 1.29 is 4.79 Å². The molecule has 0 saturated carbocycles. The second-order valence-corrected chi connectivity index (χ2v) is 7.72. The first kappa shape index (κ1) is 17.0. The summed E-state index contributed by atoms with van der Waals surface area (Å²) in [5.74, 6) is -0.0611. The summed E-state index contributed by atoms with van der Waals surface area (Å²) in [7, 11) is 0. The molecule has 3 rings (SSSR count). The lowest BCUT2D eigenvalue weighted by atomic mass is 9.89. The molecule has 1 amide bonds. The predicted molar refractivity (Wildman–Crippen MR) is 94.4 cm³/mol. The second-order valence-electron chi connectivity index (χ2n) is 6.90. The van der Waals surface area contributed by atoms with Gasteiger partial charge >= 0.3 is 0 Å². The van der Waals surface area contributed by atoms with Crippen LogP contribution in [0.25, 0.3) is 0 Å². The highest BCUT2D eigenvalue weighted by atomic mass is 35.5. The molecule has 1 unspecified atom stereocenters. The van der Waals surface area contributed by atoms with Crippen LogP contribution in [0.15, 0.2) is 18.2 Å². The van der Waals surface area contributed by atoms with E-state index in [2.05, 4.69) is 17.1 Å². The van der Waals surface area contributed by atoms with Crippen molar-refractivity contribution in [2.24, 2.45) is 5.41 Å². The van der Waals surface area contributed by atoms with Gasteiger partial charge in [0.25, 0.3) is 5.91 Å². The Labute approximate surface area is 147 Å². The van der Waals surface area contributed by atoms with E-state index in [0.29, 0.717) is 21.0 Å². The molecular weight excluding hydrogens is 333 g/mol. The summed E-state index contributed by atoms with van der Waals surface area (Å²) in [5, 5.41) is 4.29. The van der Waals surface area contributed by atoms with E-state index in [1.165, 1.54) is 6.42 Å². The van der Waals surface area contributed by atoms with Crippen molar-refractivity contribution in [3.63, 3.8) is 0 Å². The van der Waals surface area contributed by atoms with Gasteiger partial charge in [0.2, 0.25) is 0 Å². The fraction of sp³-hybridized carbons (Fsp3) is 0.588. The topological polar surface area (TPSA) is 35.6 Å². The van der Waals surface area contributed by atoms with Crippen LogP contribution >= 0.6 is 23.2 Å². The SMILES string of the molecule is CC1(CN2CCN(C(=O)c3c(Cl)cccc3Cl)CC2)CCNC1. The van der Waals surface area contributed by atoms with E-state index in [4.69, 9.17) is 23.2 Å². The van der Waals surface area contributed by atoms with E-state index in [-0.39, 0.29) is 5.91 Å². The van der Waals surface area contributed by atoms with Crippen LogP contribution < -0.4 is 5.32 Å². The van der Waals surface area contributed by atoms with Crippen LogP contribution in [0.1, 0.15) is 23.7 Å². The highest BCUT2D eigenvalue weighted by Gasteiger charge is 2.32. The van der Waals surface area contributed by atoms with Gasteiger partial charge in [-0.25, -0.2) is 0 Å². The van der Waals surface area contributed by atoms with Crippen LogP contribution in [0.4, 0.5) is 0 Å². The minimum atomic E-state index is -0.0611. The molecule has 1 atom stereocenters. The minimum Gasteiger partial charge on any atom is -0.336 e. The van der Waals surface area contributed by atoms with Crippen LogP contribution in [-0.4, -0.2) is 61.5 Å². The van der Waals surface area contributed by atoms with Crippen molar-refractivity contribution in [3.05, 3.63) is 33.8 Å². The number of carbonyl (C=O) groups is 1. The average molecular weight is 356 g/mol. The highest BCUT2D eigenvalue weighted by molar-refractivity contribution is 6.39. The van der Waals surface area contributed by atoms with Crippen molar-refractivity contribution in [3.8, 4) is 0 Å². The number of hydrogen-bond acceptors (Lipinski definition) is 3. The molecule has 2 aliphatic rings. The molecule has 0 aromatic heterocycles. The van der Waals surface area contributed by atoms with Gasteiger partial charge in [-0.05, 0) is 30.5 Å². The Balaban J connectivity index is 1.59. The van der Waals surface area contributed by atoms with E-state index in [1.807, 2.05) is 4.90 Å². The Kier molecular flexibility index (Phi) is 5.16. The van der Waals surface area contributed by atoms with Gasteiger partial charge in [0.05, 0.1) is 15.6 Å². The first-order valence-corrected chi connectivity index (χ1v) is 8.90. The van der Waals surface area contributed by atoms with Gasteiger partial charge in [0.1, 0.15) is 0 Å². The Morgan fingerprint density at radius 3 is 2.43 bits per heavy atom. The molecule has 1 aromatic rings. The molecule has 2 fully saturated rings. The Hall–Kier alpha value is -0.810. The number of amides is 1. The van der Waals surface area contributed by atoms with Crippen LogP contribution in [-0.2, 0) is 0 Å². The van der Waals surface area contributed by atoms with Crippen molar-refractivity contribution in [2.75, 3.05) is 45.8 Å². The molecule has 0 radical (unpaired) electrons. The van der Waals surface area contributed by atoms with Gasteiger partial charge in [0, 0.05) is 39.3 Å². The molecule has 6 heteroatoms. The second kappa shape index (κ2) is 6.98. The first-order valence-electron chi connectivity index (χ1n) is 8.15. The van der Waals surface area contributed by atoms with Gasteiger partial charge in [0.15, 0.2) is 0 Å². The predicted octanol–water partition coefficient (Wildman–Crippen LogP) is 2.75. The van der Waals surface area contributed by atoms with Crippen LogP contribution in [0.5, 0.6) is 0 Å². The number of halogens is 2. The average Bonchev–Trinajstić information content (AvgIpc) is 2.94. The van der Waals surface area contributed by atoms with E-state index >= 15 is 0 Å². The van der Waals surface area contributed by atoms with Gasteiger partial charge in [-0.3, -0.25) is 9.69 Å². The molecule has 0 spiro atoms. The van der Waals surface area contributed by atoms with Crippen LogP contribution in [0, 0.1) is 5.41 Å². The monoisotopic (exact) mass is 355 g/mol. The molecule has 2 saturated heterocycles. The normalized spacial score (nSPS) is 25.8. The smallest absolute Gasteiger partial charge is 0.256 e. The zero-order valence-corrected chi connectivity index (χ0v) is 15.0. The molecule has 2 heterocycles. The quantitative estimate of drug-likeness (QED) is 0.905. The van der Waals surface area contributed by atoms with Crippen molar-refractivity contribution in [1.82, 2.24) is 15.1 Å². The number of piperazine rings is 1. The standard InChI is InChI=1S/C17H23Cl2N3O/c1-17(5-6-20-11-17)12-21-7-9-22(10-8-21)16(23)15-13(18)3-2-4-14(15)19/h2-4,20H,5-12H2,1H3. The van der Waals surface area contributed by atoms with Crippen molar-refractivity contribution >= 4 is 29.1 Å². The zero-order valence-electron chi connectivity index (χ0n) is 13.4.